The minimum atomic E-state index is -0.512. The highest BCUT2D eigenvalue weighted by Gasteiger charge is 2.16. The Balaban J connectivity index is 0.00000256. The Bertz CT molecular complexity index is 360. The minimum Gasteiger partial charge on any atom is -0.446 e. The van der Waals surface area contributed by atoms with E-state index < -0.39 is 11.7 Å². The summed E-state index contributed by atoms with van der Waals surface area (Å²) in [6.45, 7) is 5.90. The number of alkyl carbamates (subject to hydrolysis) is 1. The number of hydrogen-bond donors (Lipinski definition) is 2. The standard InChI is InChI=1S/C10H17N3O3.ClH/c1-10(2,3)16-9(14)12-5-8-7(4-11)13-6-15-8;/h6H,4-5,11H2,1-3H3,(H,12,14);1H. The van der Waals surface area contributed by atoms with Crippen molar-refractivity contribution >= 4 is 18.5 Å². The quantitative estimate of drug-likeness (QED) is 0.864. The molecule has 0 aliphatic carbocycles. The first-order valence-electron chi connectivity index (χ1n) is 5.00. The predicted molar refractivity (Wildman–Crippen MR) is 64.7 cm³/mol. The van der Waals surface area contributed by atoms with Gasteiger partial charge in [0.05, 0.1) is 12.2 Å². The largest absolute Gasteiger partial charge is 0.446 e. The molecular weight excluding hydrogens is 246 g/mol. The first kappa shape index (κ1) is 15.7. The Hall–Kier alpha value is -1.27. The Kier molecular flexibility index (Phi) is 5.98. The highest BCUT2D eigenvalue weighted by Crippen LogP contribution is 2.08. The molecule has 6 nitrogen and oxygen atoms in total. The van der Waals surface area contributed by atoms with Crippen molar-refractivity contribution in [2.24, 2.45) is 5.73 Å². The maximum Gasteiger partial charge on any atom is 0.408 e. The molecule has 1 aromatic rings. The fraction of sp³-hybridized carbons (Fsp3) is 0.600. The normalized spacial score (nSPS) is 10.6. The molecule has 0 spiro atoms. The number of oxazole rings is 1. The SMILES string of the molecule is CC(C)(C)OC(=O)NCc1ocnc1CN.Cl. The van der Waals surface area contributed by atoms with E-state index >= 15 is 0 Å². The van der Waals surface area contributed by atoms with E-state index in [-0.39, 0.29) is 25.5 Å². The first-order valence-corrected chi connectivity index (χ1v) is 5.00. The molecule has 1 amide bonds. The number of nitrogens with one attached hydrogen (secondary N) is 1. The van der Waals surface area contributed by atoms with E-state index in [1.807, 2.05) is 0 Å². The molecule has 0 bridgehead atoms. The van der Waals surface area contributed by atoms with E-state index in [1.54, 1.807) is 20.8 Å². The van der Waals surface area contributed by atoms with Gasteiger partial charge in [0.1, 0.15) is 11.4 Å². The van der Waals surface area contributed by atoms with Gasteiger partial charge >= 0.3 is 6.09 Å². The second-order valence-corrected chi connectivity index (χ2v) is 4.28. The number of hydrogen-bond acceptors (Lipinski definition) is 5. The summed E-state index contributed by atoms with van der Waals surface area (Å²) in [5, 5.41) is 2.57. The van der Waals surface area contributed by atoms with Crippen LogP contribution in [0.25, 0.3) is 0 Å². The van der Waals surface area contributed by atoms with Crippen molar-refractivity contribution in [3.63, 3.8) is 0 Å². The number of nitrogens with two attached hydrogens (primary N) is 1. The summed E-state index contributed by atoms with van der Waals surface area (Å²) in [5.41, 5.74) is 5.56. The summed E-state index contributed by atoms with van der Waals surface area (Å²) < 4.78 is 10.1. The monoisotopic (exact) mass is 263 g/mol. The smallest absolute Gasteiger partial charge is 0.408 e. The van der Waals surface area contributed by atoms with E-state index in [0.717, 1.165) is 0 Å². The zero-order valence-electron chi connectivity index (χ0n) is 10.1. The van der Waals surface area contributed by atoms with Crippen molar-refractivity contribution in [3.8, 4) is 0 Å². The van der Waals surface area contributed by atoms with Crippen LogP contribution in [0.1, 0.15) is 32.2 Å². The highest BCUT2D eigenvalue weighted by atomic mass is 35.5. The minimum absolute atomic E-state index is 0. The molecule has 0 fully saturated rings. The molecular formula is C10H18ClN3O3. The molecule has 0 aliphatic rings. The molecule has 0 saturated carbocycles. The summed E-state index contributed by atoms with van der Waals surface area (Å²) >= 11 is 0. The number of nitrogens with zero attached hydrogens (tertiary/aromatic N) is 1. The fourth-order valence-electron chi connectivity index (χ4n) is 1.07. The topological polar surface area (TPSA) is 90.4 Å². The van der Waals surface area contributed by atoms with Gasteiger partial charge in [-0.1, -0.05) is 0 Å². The van der Waals surface area contributed by atoms with Gasteiger partial charge in [0, 0.05) is 6.54 Å². The lowest BCUT2D eigenvalue weighted by atomic mass is 10.2. The zero-order chi connectivity index (χ0) is 12.2. The Morgan fingerprint density at radius 1 is 1.59 bits per heavy atom. The van der Waals surface area contributed by atoms with Crippen LogP contribution in [0.2, 0.25) is 0 Å². The lowest BCUT2D eigenvalue weighted by molar-refractivity contribution is 0.0519. The van der Waals surface area contributed by atoms with Gasteiger partial charge in [-0.25, -0.2) is 9.78 Å². The van der Waals surface area contributed by atoms with Crippen molar-refractivity contribution in [3.05, 3.63) is 17.8 Å². The molecule has 7 heteroatoms. The van der Waals surface area contributed by atoms with Gasteiger partial charge in [0.25, 0.3) is 0 Å². The molecule has 0 atom stereocenters. The van der Waals surface area contributed by atoms with Crippen LogP contribution in [0.4, 0.5) is 4.79 Å². The molecule has 0 aliphatic heterocycles. The number of aromatic nitrogens is 1. The summed E-state index contributed by atoms with van der Waals surface area (Å²) in [5.74, 6) is 0.549. The maximum absolute atomic E-state index is 11.3. The number of carbonyl (C=O) groups is 1. The molecule has 0 radical (unpaired) electrons. The Morgan fingerprint density at radius 3 is 2.76 bits per heavy atom. The molecule has 98 valence electrons. The van der Waals surface area contributed by atoms with E-state index in [9.17, 15) is 4.79 Å². The third-order valence-corrected chi connectivity index (χ3v) is 1.71. The molecule has 0 aromatic carbocycles. The van der Waals surface area contributed by atoms with E-state index in [2.05, 4.69) is 10.3 Å². The summed E-state index contributed by atoms with van der Waals surface area (Å²) in [6.07, 6.45) is 0.806. The van der Waals surface area contributed by atoms with E-state index in [4.69, 9.17) is 14.9 Å². The maximum atomic E-state index is 11.3. The summed E-state index contributed by atoms with van der Waals surface area (Å²) in [4.78, 5) is 15.2. The van der Waals surface area contributed by atoms with Crippen molar-refractivity contribution < 1.29 is 13.9 Å². The van der Waals surface area contributed by atoms with Crippen molar-refractivity contribution in [2.75, 3.05) is 0 Å². The third-order valence-electron chi connectivity index (χ3n) is 1.71. The molecule has 1 rings (SSSR count). The molecule has 1 aromatic heterocycles. The van der Waals surface area contributed by atoms with Crippen molar-refractivity contribution in [1.29, 1.82) is 0 Å². The summed E-state index contributed by atoms with van der Waals surface area (Å²) in [7, 11) is 0. The first-order chi connectivity index (χ1) is 7.42. The second kappa shape index (κ2) is 6.46. The Labute approximate surface area is 106 Å². The second-order valence-electron chi connectivity index (χ2n) is 4.28. The lowest BCUT2D eigenvalue weighted by Crippen LogP contribution is -2.32. The van der Waals surface area contributed by atoms with E-state index in [0.29, 0.717) is 11.5 Å². The van der Waals surface area contributed by atoms with Crippen molar-refractivity contribution in [2.45, 2.75) is 39.5 Å². The number of ether oxygens (including phenoxy) is 1. The fourth-order valence-corrected chi connectivity index (χ4v) is 1.07. The molecule has 0 saturated heterocycles. The lowest BCUT2D eigenvalue weighted by Gasteiger charge is -2.19. The number of carbonyl (C=O) groups excluding carboxylic acids is 1. The van der Waals surface area contributed by atoms with Crippen LogP contribution in [0.15, 0.2) is 10.8 Å². The third kappa shape index (κ3) is 5.55. The molecule has 0 unspecified atom stereocenters. The average Bonchev–Trinajstić information content (AvgIpc) is 2.59. The van der Waals surface area contributed by atoms with Gasteiger partial charge in [-0.3, -0.25) is 0 Å². The van der Waals surface area contributed by atoms with Crippen LogP contribution in [0, 0.1) is 0 Å². The molecule has 1 heterocycles. The molecule has 17 heavy (non-hydrogen) atoms. The number of rotatable bonds is 3. The van der Waals surface area contributed by atoms with Crippen LogP contribution < -0.4 is 11.1 Å². The molecule has 3 N–H and O–H groups in total. The van der Waals surface area contributed by atoms with Gasteiger partial charge < -0.3 is 20.2 Å². The van der Waals surface area contributed by atoms with Gasteiger partial charge in [0.15, 0.2) is 6.39 Å². The van der Waals surface area contributed by atoms with Crippen LogP contribution in [0.5, 0.6) is 0 Å². The van der Waals surface area contributed by atoms with Gasteiger partial charge in [-0.05, 0) is 20.8 Å². The van der Waals surface area contributed by atoms with Crippen LogP contribution in [-0.4, -0.2) is 16.7 Å². The average molecular weight is 264 g/mol. The van der Waals surface area contributed by atoms with Crippen molar-refractivity contribution in [1.82, 2.24) is 10.3 Å². The van der Waals surface area contributed by atoms with Crippen LogP contribution >= 0.6 is 12.4 Å². The van der Waals surface area contributed by atoms with Gasteiger partial charge in [0.2, 0.25) is 0 Å². The number of halogens is 1. The summed E-state index contributed by atoms with van der Waals surface area (Å²) in [6, 6.07) is 0. The van der Waals surface area contributed by atoms with E-state index in [1.165, 1.54) is 6.39 Å². The Morgan fingerprint density at radius 2 is 2.24 bits per heavy atom. The van der Waals surface area contributed by atoms with Crippen LogP contribution in [0.3, 0.4) is 0 Å². The zero-order valence-corrected chi connectivity index (χ0v) is 11.0. The highest BCUT2D eigenvalue weighted by molar-refractivity contribution is 5.85. The van der Waals surface area contributed by atoms with Crippen LogP contribution in [-0.2, 0) is 17.8 Å². The van der Waals surface area contributed by atoms with Gasteiger partial charge in [-0.15, -0.1) is 12.4 Å². The number of amides is 1. The van der Waals surface area contributed by atoms with Gasteiger partial charge in [-0.2, -0.15) is 0 Å². The predicted octanol–water partition coefficient (Wildman–Crippen LogP) is 1.58.